The van der Waals surface area contributed by atoms with Crippen LogP contribution in [0.2, 0.25) is 0 Å². The van der Waals surface area contributed by atoms with Crippen LogP contribution in [-0.2, 0) is 9.53 Å². The second-order valence-corrected chi connectivity index (χ2v) is 5.72. The Bertz CT molecular complexity index is 456. The number of benzene rings is 1. The van der Waals surface area contributed by atoms with E-state index in [1.807, 2.05) is 19.1 Å². The molecular formula is C17H26N2O2. The largest absolute Gasteiger partial charge is 0.378 e. The molecule has 1 fully saturated rings. The van der Waals surface area contributed by atoms with Crippen molar-refractivity contribution in [2.45, 2.75) is 45.3 Å². The normalized spacial score (nSPS) is 17.4. The van der Waals surface area contributed by atoms with Crippen LogP contribution in [0.4, 0.5) is 0 Å². The number of rotatable bonds is 6. The van der Waals surface area contributed by atoms with E-state index in [4.69, 9.17) is 4.74 Å². The zero-order valence-corrected chi connectivity index (χ0v) is 13.0. The average molecular weight is 290 g/mol. The van der Waals surface area contributed by atoms with Gasteiger partial charge >= 0.3 is 0 Å². The van der Waals surface area contributed by atoms with Gasteiger partial charge in [0.2, 0.25) is 5.91 Å². The van der Waals surface area contributed by atoms with Crippen molar-refractivity contribution in [1.82, 2.24) is 10.6 Å². The molecule has 2 rings (SSSR count). The van der Waals surface area contributed by atoms with Crippen LogP contribution in [0.5, 0.6) is 0 Å². The van der Waals surface area contributed by atoms with Gasteiger partial charge in [0.05, 0.1) is 18.8 Å². The third-order valence-corrected chi connectivity index (χ3v) is 4.00. The van der Waals surface area contributed by atoms with Gasteiger partial charge in [0.25, 0.3) is 0 Å². The Morgan fingerprint density at radius 1 is 1.38 bits per heavy atom. The summed E-state index contributed by atoms with van der Waals surface area (Å²) in [6.45, 7) is 6.63. The van der Waals surface area contributed by atoms with Crippen LogP contribution < -0.4 is 10.6 Å². The molecular weight excluding hydrogens is 264 g/mol. The van der Waals surface area contributed by atoms with Crippen LogP contribution in [0.15, 0.2) is 24.3 Å². The first-order valence-corrected chi connectivity index (χ1v) is 7.84. The summed E-state index contributed by atoms with van der Waals surface area (Å²) < 4.78 is 5.76. The van der Waals surface area contributed by atoms with Gasteiger partial charge in [-0.3, -0.25) is 4.79 Å². The van der Waals surface area contributed by atoms with Gasteiger partial charge in [0.1, 0.15) is 0 Å². The number of hydrogen-bond acceptors (Lipinski definition) is 3. The maximum absolute atomic E-state index is 12.0. The summed E-state index contributed by atoms with van der Waals surface area (Å²) in [5.74, 6) is 0.0553. The summed E-state index contributed by atoms with van der Waals surface area (Å²) in [6, 6.07) is 8.19. The Balaban J connectivity index is 1.70. The Kier molecular flexibility index (Phi) is 6.21. The van der Waals surface area contributed by atoms with E-state index in [1.54, 1.807) is 0 Å². The van der Waals surface area contributed by atoms with Gasteiger partial charge in [-0.1, -0.05) is 24.3 Å². The molecule has 4 nitrogen and oxygen atoms in total. The van der Waals surface area contributed by atoms with E-state index in [0.717, 1.165) is 25.9 Å². The van der Waals surface area contributed by atoms with E-state index in [1.165, 1.54) is 11.1 Å². The van der Waals surface area contributed by atoms with Gasteiger partial charge in [-0.2, -0.15) is 0 Å². The lowest BCUT2D eigenvalue weighted by Crippen LogP contribution is -2.33. The van der Waals surface area contributed by atoms with E-state index < -0.39 is 0 Å². The summed E-state index contributed by atoms with van der Waals surface area (Å²) in [4.78, 5) is 12.0. The van der Waals surface area contributed by atoms with Crippen molar-refractivity contribution in [2.75, 3.05) is 19.7 Å². The van der Waals surface area contributed by atoms with Crippen LogP contribution in [0.1, 0.15) is 43.4 Å². The smallest absolute Gasteiger partial charge is 0.222 e. The molecule has 0 saturated carbocycles. The van der Waals surface area contributed by atoms with Crippen molar-refractivity contribution in [2.24, 2.45) is 0 Å². The Morgan fingerprint density at radius 3 is 2.81 bits per heavy atom. The highest BCUT2D eigenvalue weighted by Crippen LogP contribution is 2.16. The topological polar surface area (TPSA) is 50.4 Å². The molecule has 0 aromatic heterocycles. The minimum Gasteiger partial charge on any atom is -0.378 e. The van der Waals surface area contributed by atoms with E-state index in [-0.39, 0.29) is 11.9 Å². The van der Waals surface area contributed by atoms with Crippen molar-refractivity contribution >= 4 is 5.91 Å². The van der Waals surface area contributed by atoms with Crippen molar-refractivity contribution < 1.29 is 9.53 Å². The molecule has 1 aromatic rings. The molecule has 0 aliphatic carbocycles. The highest BCUT2D eigenvalue weighted by molar-refractivity contribution is 5.76. The number of amides is 1. The predicted octanol–water partition coefficient (Wildman–Crippen LogP) is 2.33. The monoisotopic (exact) mass is 290 g/mol. The summed E-state index contributed by atoms with van der Waals surface area (Å²) in [6.07, 6.45) is 2.83. The number of nitrogens with one attached hydrogen (secondary N) is 2. The number of piperidine rings is 1. The van der Waals surface area contributed by atoms with Crippen molar-refractivity contribution in [3.8, 4) is 0 Å². The van der Waals surface area contributed by atoms with Gasteiger partial charge in [0, 0.05) is 6.42 Å². The minimum atomic E-state index is 0.0394. The van der Waals surface area contributed by atoms with Gasteiger partial charge in [-0.05, 0) is 50.9 Å². The second-order valence-electron chi connectivity index (χ2n) is 5.72. The number of ether oxygens (including phenoxy) is 1. The van der Waals surface area contributed by atoms with Crippen LogP contribution in [0.25, 0.3) is 0 Å². The van der Waals surface area contributed by atoms with Crippen molar-refractivity contribution in [3.63, 3.8) is 0 Å². The number of carbonyl (C=O) groups excluding carboxylic acids is 1. The zero-order chi connectivity index (χ0) is 15.1. The molecule has 1 aliphatic rings. The van der Waals surface area contributed by atoms with Crippen molar-refractivity contribution in [3.05, 3.63) is 35.4 Å². The molecule has 4 heteroatoms. The molecule has 21 heavy (non-hydrogen) atoms. The third-order valence-electron chi connectivity index (χ3n) is 4.00. The highest BCUT2D eigenvalue weighted by Gasteiger charge is 2.15. The Morgan fingerprint density at radius 2 is 2.10 bits per heavy atom. The standard InChI is InChI=1S/C17H26N2O2/c1-13-5-3-4-6-16(13)14(2)19-17(20)9-12-21-15-7-10-18-11-8-15/h3-6,14-15,18H,7-12H2,1-2H3,(H,19,20)/t14-/m0/s1. The third kappa shape index (κ3) is 5.14. The lowest BCUT2D eigenvalue weighted by molar-refractivity contribution is -0.123. The number of aryl methyl sites for hydroxylation is 1. The molecule has 0 bridgehead atoms. The fourth-order valence-electron chi connectivity index (χ4n) is 2.74. The molecule has 1 aliphatic heterocycles. The molecule has 0 unspecified atom stereocenters. The molecule has 1 heterocycles. The molecule has 116 valence electrons. The molecule has 1 atom stereocenters. The second kappa shape index (κ2) is 8.15. The quantitative estimate of drug-likeness (QED) is 0.845. The Labute approximate surface area is 127 Å². The SMILES string of the molecule is Cc1ccccc1[C@H](C)NC(=O)CCOC1CCNCC1. The summed E-state index contributed by atoms with van der Waals surface area (Å²) in [5.41, 5.74) is 2.38. The van der Waals surface area contributed by atoms with Crippen LogP contribution >= 0.6 is 0 Å². The first-order chi connectivity index (χ1) is 10.2. The minimum absolute atomic E-state index is 0.0394. The molecule has 1 aromatic carbocycles. The maximum Gasteiger partial charge on any atom is 0.222 e. The van der Waals surface area contributed by atoms with Gasteiger partial charge < -0.3 is 15.4 Å². The predicted molar refractivity (Wildman–Crippen MR) is 84.2 cm³/mol. The summed E-state index contributed by atoms with van der Waals surface area (Å²) in [7, 11) is 0. The number of hydrogen-bond donors (Lipinski definition) is 2. The maximum atomic E-state index is 12.0. The van der Waals surface area contributed by atoms with Crippen LogP contribution in [0.3, 0.4) is 0 Å². The van der Waals surface area contributed by atoms with E-state index in [9.17, 15) is 4.79 Å². The first kappa shape index (κ1) is 16.0. The van der Waals surface area contributed by atoms with Gasteiger partial charge in [-0.25, -0.2) is 0 Å². The number of carbonyl (C=O) groups is 1. The lowest BCUT2D eigenvalue weighted by atomic mass is 10.0. The average Bonchev–Trinajstić information content (AvgIpc) is 2.48. The van der Waals surface area contributed by atoms with Crippen molar-refractivity contribution in [1.29, 1.82) is 0 Å². The first-order valence-electron chi connectivity index (χ1n) is 7.84. The van der Waals surface area contributed by atoms with E-state index in [2.05, 4.69) is 29.7 Å². The summed E-state index contributed by atoms with van der Waals surface area (Å²) in [5, 5.41) is 6.35. The zero-order valence-electron chi connectivity index (χ0n) is 13.0. The molecule has 2 N–H and O–H groups in total. The van der Waals surface area contributed by atoms with Crippen LogP contribution in [0, 0.1) is 6.92 Å². The van der Waals surface area contributed by atoms with Gasteiger partial charge in [0.15, 0.2) is 0 Å². The summed E-state index contributed by atoms with van der Waals surface area (Å²) >= 11 is 0. The fourth-order valence-corrected chi connectivity index (χ4v) is 2.74. The molecule has 0 spiro atoms. The lowest BCUT2D eigenvalue weighted by Gasteiger charge is -2.23. The van der Waals surface area contributed by atoms with E-state index in [0.29, 0.717) is 19.1 Å². The molecule has 1 amide bonds. The Hall–Kier alpha value is -1.39. The molecule has 0 radical (unpaired) electrons. The molecule has 1 saturated heterocycles. The highest BCUT2D eigenvalue weighted by atomic mass is 16.5. The fraction of sp³-hybridized carbons (Fsp3) is 0.588. The van der Waals surface area contributed by atoms with Gasteiger partial charge in [-0.15, -0.1) is 0 Å². The van der Waals surface area contributed by atoms with Crippen LogP contribution in [-0.4, -0.2) is 31.7 Å². The van der Waals surface area contributed by atoms with E-state index >= 15 is 0 Å².